The lowest BCUT2D eigenvalue weighted by molar-refractivity contribution is -0.781. The Bertz CT molecular complexity index is 605. The molecule has 2 fully saturated rings. The lowest BCUT2D eigenvalue weighted by Gasteiger charge is -2.43. The van der Waals surface area contributed by atoms with Crippen molar-refractivity contribution in [1.82, 2.24) is 30.4 Å². The molecule has 2 aliphatic heterocycles. The molecule has 1 atom stereocenters. The Labute approximate surface area is 162 Å². The predicted molar refractivity (Wildman–Crippen MR) is 101 cm³/mol. The van der Waals surface area contributed by atoms with E-state index in [-0.39, 0.29) is 18.2 Å². The Hall–Kier alpha value is -1.29. The number of aliphatic hydroxyl groups is 1. The zero-order valence-electron chi connectivity index (χ0n) is 17.4. The highest BCUT2D eigenvalue weighted by Gasteiger charge is 2.39. The van der Waals surface area contributed by atoms with Crippen LogP contribution >= 0.6 is 0 Å². The molecule has 3 rings (SSSR count). The lowest BCUT2D eigenvalue weighted by atomic mass is 9.98. The van der Waals surface area contributed by atoms with Crippen molar-refractivity contribution in [3.63, 3.8) is 0 Å². The van der Waals surface area contributed by atoms with Crippen LogP contribution in [0.3, 0.4) is 0 Å². The Morgan fingerprint density at radius 3 is 2.52 bits per heavy atom. The number of hydrogen-bond donors (Lipinski definition) is 2. The number of aromatic nitrogens is 4. The first-order valence-electron chi connectivity index (χ1n) is 10.1. The molecule has 9 nitrogen and oxygen atoms in total. The molecule has 0 aliphatic carbocycles. The van der Waals surface area contributed by atoms with Crippen molar-refractivity contribution in [3.05, 3.63) is 6.33 Å². The highest BCUT2D eigenvalue weighted by Crippen LogP contribution is 2.23. The molecule has 0 aromatic carbocycles. The number of nitrogens with one attached hydrogen (secondary N) is 1. The third kappa shape index (κ3) is 4.77. The summed E-state index contributed by atoms with van der Waals surface area (Å²) in [6, 6.07) is 0.388. The second kappa shape index (κ2) is 7.98. The van der Waals surface area contributed by atoms with Gasteiger partial charge in [0.05, 0.1) is 11.5 Å². The summed E-state index contributed by atoms with van der Waals surface area (Å²) < 4.78 is 1.93. The molecule has 0 bridgehead atoms. The van der Waals surface area contributed by atoms with E-state index in [1.807, 2.05) is 24.9 Å². The summed E-state index contributed by atoms with van der Waals surface area (Å²) in [5, 5.41) is 21.5. The standard InChI is InChI=1S/C18H36N7O2/c1-17(2,3)22-9-6-15(7-10-22)24-14-25(21-20-24)27-18(4,5)23-11-8-19-12-16(23)13-26/h14-16,19,26H,6-13H2,1-5H3/q+1. The van der Waals surface area contributed by atoms with Gasteiger partial charge in [0.1, 0.15) is 11.3 Å². The zero-order valence-corrected chi connectivity index (χ0v) is 17.4. The first-order valence-corrected chi connectivity index (χ1v) is 10.1. The third-order valence-corrected chi connectivity index (χ3v) is 5.81. The molecule has 9 heteroatoms. The van der Waals surface area contributed by atoms with Gasteiger partial charge in [-0.25, -0.2) is 0 Å². The average molecular weight is 383 g/mol. The molecule has 0 amide bonds. The van der Waals surface area contributed by atoms with E-state index in [1.165, 1.54) is 4.85 Å². The van der Waals surface area contributed by atoms with Crippen molar-refractivity contribution in [1.29, 1.82) is 0 Å². The van der Waals surface area contributed by atoms with Crippen LogP contribution in [0.2, 0.25) is 0 Å². The first-order chi connectivity index (χ1) is 12.7. The maximum Gasteiger partial charge on any atom is 0.291 e. The van der Waals surface area contributed by atoms with Gasteiger partial charge in [0, 0.05) is 44.3 Å². The van der Waals surface area contributed by atoms with Crippen molar-refractivity contribution in [2.24, 2.45) is 0 Å². The number of aliphatic hydroxyl groups excluding tert-OH is 1. The normalized spacial score (nSPS) is 24.3. The molecule has 3 heterocycles. The van der Waals surface area contributed by atoms with Gasteiger partial charge in [0.25, 0.3) is 6.33 Å². The SMILES string of the molecule is CC(C)(C)N1CCC([n+]2cn(OC(C)(C)N3CCNCC3CO)nn2)CC1. The molecule has 0 spiro atoms. The molecule has 27 heavy (non-hydrogen) atoms. The van der Waals surface area contributed by atoms with Crippen LogP contribution in [0.5, 0.6) is 0 Å². The summed E-state index contributed by atoms with van der Waals surface area (Å²) >= 11 is 0. The third-order valence-electron chi connectivity index (χ3n) is 5.81. The average Bonchev–Trinajstić information content (AvgIpc) is 3.09. The largest absolute Gasteiger partial charge is 0.395 e. The van der Waals surface area contributed by atoms with Crippen molar-refractivity contribution >= 4 is 0 Å². The van der Waals surface area contributed by atoms with Crippen molar-refractivity contribution in [3.8, 4) is 0 Å². The number of nitrogens with zero attached hydrogens (tertiary/aromatic N) is 6. The highest BCUT2D eigenvalue weighted by atomic mass is 16.7. The van der Waals surface area contributed by atoms with E-state index in [0.29, 0.717) is 6.04 Å². The van der Waals surface area contributed by atoms with Crippen molar-refractivity contribution in [2.45, 2.75) is 70.8 Å². The van der Waals surface area contributed by atoms with Crippen LogP contribution in [-0.4, -0.2) is 86.8 Å². The van der Waals surface area contributed by atoms with E-state index in [9.17, 15) is 5.11 Å². The van der Waals surface area contributed by atoms with Crippen LogP contribution < -0.4 is 14.8 Å². The first kappa shape index (κ1) is 20.4. The topological polar surface area (TPSA) is 82.6 Å². The lowest BCUT2D eigenvalue weighted by Crippen LogP contribution is -2.63. The minimum atomic E-state index is -0.587. The quantitative estimate of drug-likeness (QED) is 0.660. The van der Waals surface area contributed by atoms with Gasteiger partial charge >= 0.3 is 0 Å². The van der Waals surface area contributed by atoms with Crippen LogP contribution in [0, 0.1) is 0 Å². The summed E-state index contributed by atoms with van der Waals surface area (Å²) in [5.74, 6) is 0. The fraction of sp³-hybridized carbons (Fsp3) is 0.944. The van der Waals surface area contributed by atoms with Gasteiger partial charge in [-0.05, 0) is 47.5 Å². The van der Waals surface area contributed by atoms with Gasteiger partial charge in [-0.2, -0.15) is 0 Å². The van der Waals surface area contributed by atoms with Crippen LogP contribution in [0.15, 0.2) is 6.33 Å². The van der Waals surface area contributed by atoms with E-state index in [1.54, 1.807) is 0 Å². The Balaban J connectivity index is 1.61. The molecule has 0 saturated carbocycles. The number of rotatable bonds is 5. The fourth-order valence-electron chi connectivity index (χ4n) is 4.16. The molecule has 154 valence electrons. The van der Waals surface area contributed by atoms with E-state index >= 15 is 0 Å². The summed E-state index contributed by atoms with van der Waals surface area (Å²) in [6.07, 6.45) is 3.97. The maximum atomic E-state index is 9.66. The number of likely N-dealkylation sites (tertiary alicyclic amines) is 1. The van der Waals surface area contributed by atoms with Crippen LogP contribution in [0.25, 0.3) is 0 Å². The number of tetrazole rings is 1. The number of piperazine rings is 1. The molecule has 2 N–H and O–H groups in total. The van der Waals surface area contributed by atoms with Crippen LogP contribution in [0.1, 0.15) is 53.5 Å². The van der Waals surface area contributed by atoms with Gasteiger partial charge in [-0.3, -0.25) is 9.80 Å². The van der Waals surface area contributed by atoms with Crippen molar-refractivity contribution < 1.29 is 14.6 Å². The molecule has 0 radical (unpaired) electrons. The van der Waals surface area contributed by atoms with Crippen LogP contribution in [-0.2, 0) is 0 Å². The predicted octanol–water partition coefficient (Wildman–Crippen LogP) is -0.568. The summed E-state index contributed by atoms with van der Waals surface area (Å²) in [6.45, 7) is 15.5. The van der Waals surface area contributed by atoms with E-state index in [0.717, 1.165) is 45.6 Å². The van der Waals surface area contributed by atoms with Crippen molar-refractivity contribution in [2.75, 3.05) is 39.3 Å². The molecule has 1 aromatic heterocycles. The minimum absolute atomic E-state index is 0.0334. The molecule has 2 aliphatic rings. The molecule has 2 saturated heterocycles. The molecular weight excluding hydrogens is 346 g/mol. The van der Waals surface area contributed by atoms with E-state index in [2.05, 4.69) is 46.3 Å². The summed E-state index contributed by atoms with van der Waals surface area (Å²) in [4.78, 5) is 12.3. The summed E-state index contributed by atoms with van der Waals surface area (Å²) in [7, 11) is 0. The fourth-order valence-corrected chi connectivity index (χ4v) is 4.16. The van der Waals surface area contributed by atoms with Gasteiger partial charge in [0.2, 0.25) is 10.9 Å². The van der Waals surface area contributed by atoms with E-state index < -0.39 is 5.72 Å². The van der Waals surface area contributed by atoms with Gasteiger partial charge in [0.15, 0.2) is 0 Å². The Morgan fingerprint density at radius 2 is 1.89 bits per heavy atom. The molecule has 1 aromatic rings. The second-order valence-corrected chi connectivity index (χ2v) is 9.14. The van der Waals surface area contributed by atoms with E-state index in [4.69, 9.17) is 4.84 Å². The Morgan fingerprint density at radius 1 is 1.19 bits per heavy atom. The molecular formula is C18H36N7O2+. The Kier molecular flexibility index (Phi) is 6.05. The zero-order chi connectivity index (χ0) is 19.7. The minimum Gasteiger partial charge on any atom is -0.395 e. The van der Waals surface area contributed by atoms with Gasteiger partial charge in [-0.1, -0.05) is 0 Å². The molecule has 1 unspecified atom stereocenters. The van der Waals surface area contributed by atoms with Gasteiger partial charge in [-0.15, -0.1) is 4.68 Å². The maximum absolute atomic E-state index is 9.66. The monoisotopic (exact) mass is 382 g/mol. The highest BCUT2D eigenvalue weighted by molar-refractivity contribution is 4.85. The number of hydrogen-bond acceptors (Lipinski definition) is 7. The summed E-state index contributed by atoms with van der Waals surface area (Å²) in [5.41, 5.74) is -0.371. The number of piperidine rings is 1. The second-order valence-electron chi connectivity index (χ2n) is 9.14. The smallest absolute Gasteiger partial charge is 0.291 e. The van der Waals surface area contributed by atoms with Gasteiger partial charge < -0.3 is 15.3 Å². The van der Waals surface area contributed by atoms with Crippen LogP contribution in [0.4, 0.5) is 0 Å².